The third-order valence-electron chi connectivity index (χ3n) is 3.84. The lowest BCUT2D eigenvalue weighted by Crippen LogP contribution is -2.22. The summed E-state index contributed by atoms with van der Waals surface area (Å²) in [5, 5.41) is 0.782. The minimum Gasteiger partial charge on any atom is -0.296 e. The van der Waals surface area contributed by atoms with Gasteiger partial charge in [0, 0.05) is 23.5 Å². The molecule has 0 amide bonds. The lowest BCUT2D eigenvalue weighted by atomic mass is 10.1. The fourth-order valence-electron chi connectivity index (χ4n) is 2.50. The lowest BCUT2D eigenvalue weighted by Gasteiger charge is -2.21. The molecule has 0 radical (unpaired) electrons. The summed E-state index contributed by atoms with van der Waals surface area (Å²) >= 11 is 1.53. The molecule has 0 aliphatic rings. The molecule has 0 spiro atoms. The summed E-state index contributed by atoms with van der Waals surface area (Å²) in [4.78, 5) is 19.2. The van der Waals surface area contributed by atoms with Gasteiger partial charge in [-0.05, 0) is 30.5 Å². The van der Waals surface area contributed by atoms with E-state index in [1.54, 1.807) is 12.3 Å². The molecule has 0 heterocycles. The van der Waals surface area contributed by atoms with E-state index in [2.05, 4.69) is 0 Å². The van der Waals surface area contributed by atoms with Crippen molar-refractivity contribution in [3.05, 3.63) is 109 Å². The Labute approximate surface area is 164 Å². The molecule has 27 heavy (non-hydrogen) atoms. The van der Waals surface area contributed by atoms with Crippen molar-refractivity contribution in [1.82, 2.24) is 0 Å². The number of ketones is 1. The minimum absolute atomic E-state index is 0.0447. The van der Waals surface area contributed by atoms with E-state index in [0.717, 1.165) is 16.5 Å². The van der Waals surface area contributed by atoms with Crippen LogP contribution in [0, 0.1) is 0 Å². The number of hydrogen-bond acceptors (Lipinski definition) is 3. The smallest absolute Gasteiger partial charge is 0.187 e. The number of anilines is 1. The Morgan fingerprint density at radius 1 is 0.852 bits per heavy atom. The van der Waals surface area contributed by atoms with Gasteiger partial charge in [0.15, 0.2) is 11.0 Å². The average Bonchev–Trinajstić information content (AvgIpc) is 2.75. The van der Waals surface area contributed by atoms with E-state index in [9.17, 15) is 4.79 Å². The van der Waals surface area contributed by atoms with E-state index >= 15 is 0 Å². The van der Waals surface area contributed by atoms with Crippen LogP contribution in [0.25, 0.3) is 0 Å². The van der Waals surface area contributed by atoms with E-state index in [1.165, 1.54) is 11.8 Å². The van der Waals surface area contributed by atoms with Gasteiger partial charge in [0.1, 0.15) is 0 Å². The van der Waals surface area contributed by atoms with Crippen molar-refractivity contribution in [3.8, 4) is 0 Å². The van der Waals surface area contributed by atoms with Gasteiger partial charge in [-0.25, -0.2) is 4.99 Å². The molecule has 3 aromatic carbocycles. The summed E-state index contributed by atoms with van der Waals surface area (Å²) in [6.07, 6.45) is 5.34. The highest BCUT2D eigenvalue weighted by molar-refractivity contribution is 8.13. The first kappa shape index (κ1) is 18.7. The van der Waals surface area contributed by atoms with Crippen LogP contribution < -0.4 is 4.90 Å². The molecule has 0 fully saturated rings. The summed E-state index contributed by atoms with van der Waals surface area (Å²) < 4.78 is 0. The van der Waals surface area contributed by atoms with Crippen molar-refractivity contribution >= 4 is 34.1 Å². The molecule has 0 aromatic heterocycles. The highest BCUT2D eigenvalue weighted by atomic mass is 32.2. The highest BCUT2D eigenvalue weighted by Gasteiger charge is 2.11. The Kier molecular flexibility index (Phi) is 6.61. The number of carbonyl (C=O) groups excluding carboxylic acids is 1. The zero-order chi connectivity index (χ0) is 18.9. The van der Waals surface area contributed by atoms with Crippen LogP contribution in [0.5, 0.6) is 0 Å². The Morgan fingerprint density at radius 2 is 1.41 bits per heavy atom. The summed E-state index contributed by atoms with van der Waals surface area (Å²) in [5.74, 6) is -0.0447. The van der Waals surface area contributed by atoms with Crippen molar-refractivity contribution < 1.29 is 4.79 Å². The SMILES string of the molecule is CSC(=Nc1ccccc1)N(/C=C/C(=O)c1ccccc1)c1ccccc1. The average molecular weight is 372 g/mol. The number of aliphatic imine (C=N–C) groups is 1. The lowest BCUT2D eigenvalue weighted by molar-refractivity contribution is 0.104. The first-order valence-corrected chi connectivity index (χ1v) is 9.80. The normalized spacial score (nSPS) is 11.5. The topological polar surface area (TPSA) is 32.7 Å². The highest BCUT2D eigenvalue weighted by Crippen LogP contribution is 2.22. The standard InChI is InChI=1S/C23H20N2OS/c1-27-23(24-20-13-7-3-8-14-20)25(21-15-9-4-10-16-21)18-17-22(26)19-11-5-2-6-12-19/h2-18H,1H3/b18-17+,24-23?. The Bertz CT molecular complexity index is 922. The predicted octanol–water partition coefficient (Wildman–Crippen LogP) is 5.94. The van der Waals surface area contributed by atoms with Crippen LogP contribution in [-0.4, -0.2) is 17.2 Å². The first-order valence-electron chi connectivity index (χ1n) is 8.57. The van der Waals surface area contributed by atoms with Crippen molar-refractivity contribution in [2.75, 3.05) is 11.2 Å². The molecule has 0 saturated heterocycles. The second kappa shape index (κ2) is 9.55. The zero-order valence-corrected chi connectivity index (χ0v) is 15.8. The molecule has 0 aliphatic carbocycles. The van der Waals surface area contributed by atoms with E-state index in [0.29, 0.717) is 5.56 Å². The molecule has 3 nitrogen and oxygen atoms in total. The quantitative estimate of drug-likeness (QED) is 0.240. The second-order valence-electron chi connectivity index (χ2n) is 5.69. The van der Waals surface area contributed by atoms with Gasteiger partial charge in [0.2, 0.25) is 0 Å². The Hall–Kier alpha value is -3.11. The van der Waals surface area contributed by atoms with Crippen LogP contribution in [-0.2, 0) is 0 Å². The maximum Gasteiger partial charge on any atom is 0.187 e. The van der Waals surface area contributed by atoms with Crippen molar-refractivity contribution in [1.29, 1.82) is 0 Å². The van der Waals surface area contributed by atoms with Gasteiger partial charge in [-0.2, -0.15) is 0 Å². The number of rotatable bonds is 5. The van der Waals surface area contributed by atoms with Crippen molar-refractivity contribution in [2.24, 2.45) is 4.99 Å². The van der Waals surface area contributed by atoms with Gasteiger partial charge in [0.25, 0.3) is 0 Å². The number of nitrogens with zero attached hydrogens (tertiary/aromatic N) is 2. The van der Waals surface area contributed by atoms with E-state index in [-0.39, 0.29) is 5.78 Å². The minimum atomic E-state index is -0.0447. The molecule has 0 aliphatic heterocycles. The molecule has 0 bridgehead atoms. The predicted molar refractivity (Wildman–Crippen MR) is 116 cm³/mol. The molecule has 0 atom stereocenters. The zero-order valence-electron chi connectivity index (χ0n) is 15.0. The molecular formula is C23H20N2OS. The van der Waals surface area contributed by atoms with E-state index in [1.807, 2.05) is 102 Å². The molecule has 3 rings (SSSR count). The number of amidine groups is 1. The Morgan fingerprint density at radius 3 is 2.00 bits per heavy atom. The number of hydrogen-bond donors (Lipinski definition) is 0. The van der Waals surface area contributed by atoms with E-state index < -0.39 is 0 Å². The van der Waals surface area contributed by atoms with Crippen LogP contribution in [0.1, 0.15) is 10.4 Å². The maximum atomic E-state index is 12.5. The molecule has 0 saturated carbocycles. The summed E-state index contributed by atoms with van der Waals surface area (Å²) in [5.41, 5.74) is 2.47. The Balaban J connectivity index is 1.95. The van der Waals surface area contributed by atoms with Crippen LogP contribution >= 0.6 is 11.8 Å². The van der Waals surface area contributed by atoms with Gasteiger partial charge in [-0.1, -0.05) is 78.5 Å². The molecule has 3 aromatic rings. The molecular weight excluding hydrogens is 352 g/mol. The molecule has 4 heteroatoms. The van der Waals surface area contributed by atoms with Gasteiger partial charge in [-0.15, -0.1) is 0 Å². The number of thioether (sulfide) groups is 1. The monoisotopic (exact) mass is 372 g/mol. The van der Waals surface area contributed by atoms with Crippen LogP contribution in [0.2, 0.25) is 0 Å². The number of para-hydroxylation sites is 2. The molecule has 134 valence electrons. The second-order valence-corrected chi connectivity index (χ2v) is 6.46. The van der Waals surface area contributed by atoms with Crippen LogP contribution in [0.4, 0.5) is 11.4 Å². The van der Waals surface area contributed by atoms with Crippen LogP contribution in [0.3, 0.4) is 0 Å². The summed E-state index contributed by atoms with van der Waals surface area (Å²) in [6.45, 7) is 0. The van der Waals surface area contributed by atoms with Crippen molar-refractivity contribution in [3.63, 3.8) is 0 Å². The van der Waals surface area contributed by atoms with Crippen molar-refractivity contribution in [2.45, 2.75) is 0 Å². The maximum absolute atomic E-state index is 12.5. The third kappa shape index (κ3) is 5.19. The van der Waals surface area contributed by atoms with E-state index in [4.69, 9.17) is 4.99 Å². The number of carbonyl (C=O) groups is 1. The molecule has 0 N–H and O–H groups in total. The fourth-order valence-corrected chi connectivity index (χ4v) is 3.06. The summed E-state index contributed by atoms with van der Waals surface area (Å²) in [7, 11) is 0. The summed E-state index contributed by atoms with van der Waals surface area (Å²) in [6, 6.07) is 28.9. The number of benzene rings is 3. The van der Waals surface area contributed by atoms with Gasteiger partial charge < -0.3 is 0 Å². The van der Waals surface area contributed by atoms with Crippen LogP contribution in [0.15, 0.2) is 108 Å². The first-order chi connectivity index (χ1) is 13.3. The van der Waals surface area contributed by atoms with Gasteiger partial charge in [0.05, 0.1) is 5.69 Å². The van der Waals surface area contributed by atoms with Gasteiger partial charge in [-0.3, -0.25) is 9.69 Å². The fraction of sp³-hybridized carbons (Fsp3) is 0.0435. The largest absolute Gasteiger partial charge is 0.296 e. The third-order valence-corrected chi connectivity index (χ3v) is 4.49. The molecule has 0 unspecified atom stereocenters. The number of allylic oxidation sites excluding steroid dienone is 1. The van der Waals surface area contributed by atoms with Gasteiger partial charge >= 0.3 is 0 Å².